The van der Waals surface area contributed by atoms with Crippen molar-refractivity contribution in [2.75, 3.05) is 6.61 Å². The minimum atomic E-state index is -1.09. The highest BCUT2D eigenvalue weighted by molar-refractivity contribution is 5.74. The van der Waals surface area contributed by atoms with E-state index >= 15 is 0 Å². The molecule has 0 amide bonds. The van der Waals surface area contributed by atoms with Gasteiger partial charge in [-0.1, -0.05) is 60.7 Å². The molecule has 5 nitrogen and oxygen atoms in total. The second kappa shape index (κ2) is 13.3. The molecule has 208 valence electrons. The van der Waals surface area contributed by atoms with Crippen molar-refractivity contribution < 1.29 is 24.1 Å². The van der Waals surface area contributed by atoms with E-state index in [1.807, 2.05) is 36.4 Å². The average molecular weight is 539 g/mol. The predicted molar refractivity (Wildman–Crippen MR) is 158 cm³/mol. The van der Waals surface area contributed by atoms with Gasteiger partial charge in [-0.25, -0.2) is 0 Å². The van der Waals surface area contributed by atoms with E-state index in [-0.39, 0.29) is 6.61 Å². The first-order valence-corrected chi connectivity index (χ1v) is 13.6. The molecule has 4 aromatic carbocycles. The van der Waals surface area contributed by atoms with Crippen molar-refractivity contribution in [3.63, 3.8) is 0 Å². The van der Waals surface area contributed by atoms with Crippen molar-refractivity contribution in [2.45, 2.75) is 59.4 Å². The number of benzene rings is 4. The summed E-state index contributed by atoms with van der Waals surface area (Å²) in [5, 5.41) is 11.2. The number of aldehydes is 1. The van der Waals surface area contributed by atoms with Crippen molar-refractivity contribution in [3.05, 3.63) is 124 Å². The average Bonchev–Trinajstić information content (AvgIpc) is 2.98. The van der Waals surface area contributed by atoms with Crippen LogP contribution in [0.25, 0.3) is 0 Å². The SMILES string of the molecule is Cc1c(C)c(OCc2ccccc2)c(CCC(C)(O)COc2ccc(C=O)cc2)c(C)c1OCc1ccccc1. The lowest BCUT2D eigenvalue weighted by Crippen LogP contribution is -2.33. The maximum Gasteiger partial charge on any atom is 0.150 e. The van der Waals surface area contributed by atoms with Crippen molar-refractivity contribution in [1.29, 1.82) is 0 Å². The monoisotopic (exact) mass is 538 g/mol. The van der Waals surface area contributed by atoms with Gasteiger partial charge in [0.1, 0.15) is 43.4 Å². The maximum atomic E-state index is 11.2. The van der Waals surface area contributed by atoms with Crippen LogP contribution < -0.4 is 14.2 Å². The Labute approximate surface area is 237 Å². The Balaban J connectivity index is 1.56. The van der Waals surface area contributed by atoms with E-state index in [0.29, 0.717) is 37.4 Å². The van der Waals surface area contributed by atoms with Crippen LogP contribution in [0, 0.1) is 20.8 Å². The Morgan fingerprint density at radius 1 is 0.700 bits per heavy atom. The number of hydrogen-bond acceptors (Lipinski definition) is 5. The summed E-state index contributed by atoms with van der Waals surface area (Å²) in [5.74, 6) is 2.30. The summed E-state index contributed by atoms with van der Waals surface area (Å²) in [6.45, 7) is 9.03. The maximum absolute atomic E-state index is 11.2. The van der Waals surface area contributed by atoms with Crippen LogP contribution in [0.1, 0.15) is 57.1 Å². The third-order valence-corrected chi connectivity index (χ3v) is 7.24. The van der Waals surface area contributed by atoms with Crippen LogP contribution in [0.4, 0.5) is 0 Å². The van der Waals surface area contributed by atoms with Gasteiger partial charge in [0.2, 0.25) is 0 Å². The van der Waals surface area contributed by atoms with Gasteiger partial charge < -0.3 is 19.3 Å². The van der Waals surface area contributed by atoms with Crippen molar-refractivity contribution in [3.8, 4) is 17.2 Å². The summed E-state index contributed by atoms with van der Waals surface area (Å²) in [6, 6.07) is 27.1. The van der Waals surface area contributed by atoms with Crippen LogP contribution in [0.5, 0.6) is 17.2 Å². The predicted octanol–water partition coefficient (Wildman–Crippen LogP) is 7.34. The molecule has 1 N–H and O–H groups in total. The van der Waals surface area contributed by atoms with E-state index in [2.05, 4.69) is 45.0 Å². The molecule has 0 heterocycles. The lowest BCUT2D eigenvalue weighted by atomic mass is 9.90. The summed E-state index contributed by atoms with van der Waals surface area (Å²) in [6.07, 6.45) is 1.84. The summed E-state index contributed by atoms with van der Waals surface area (Å²) < 4.78 is 18.7. The molecule has 0 radical (unpaired) electrons. The summed E-state index contributed by atoms with van der Waals surface area (Å²) in [5.41, 5.74) is 5.81. The Morgan fingerprint density at radius 3 is 1.77 bits per heavy atom. The van der Waals surface area contributed by atoms with Crippen LogP contribution in [0.3, 0.4) is 0 Å². The molecule has 0 bridgehead atoms. The van der Waals surface area contributed by atoms with Crippen LogP contribution >= 0.6 is 0 Å². The van der Waals surface area contributed by atoms with Crippen LogP contribution in [0.2, 0.25) is 0 Å². The smallest absolute Gasteiger partial charge is 0.150 e. The third-order valence-electron chi connectivity index (χ3n) is 7.24. The second-order valence-electron chi connectivity index (χ2n) is 10.5. The van der Waals surface area contributed by atoms with Gasteiger partial charge in [0.15, 0.2) is 0 Å². The van der Waals surface area contributed by atoms with Gasteiger partial charge in [0.05, 0.1) is 5.60 Å². The lowest BCUT2D eigenvalue weighted by Gasteiger charge is -2.27. The van der Waals surface area contributed by atoms with E-state index in [4.69, 9.17) is 14.2 Å². The first-order valence-electron chi connectivity index (χ1n) is 13.6. The number of carbonyl (C=O) groups excluding carboxylic acids is 1. The van der Waals surface area contributed by atoms with Crippen LogP contribution in [-0.2, 0) is 19.6 Å². The Morgan fingerprint density at radius 2 is 1.23 bits per heavy atom. The quantitative estimate of drug-likeness (QED) is 0.180. The van der Waals surface area contributed by atoms with E-state index in [9.17, 15) is 9.90 Å². The fraction of sp³-hybridized carbons (Fsp3) is 0.286. The number of hydrogen-bond donors (Lipinski definition) is 1. The first kappa shape index (κ1) is 28.9. The zero-order valence-electron chi connectivity index (χ0n) is 23.8. The van der Waals surface area contributed by atoms with E-state index in [1.165, 1.54) is 0 Å². The second-order valence-corrected chi connectivity index (χ2v) is 10.5. The van der Waals surface area contributed by atoms with Gasteiger partial charge in [0.25, 0.3) is 0 Å². The summed E-state index contributed by atoms with van der Waals surface area (Å²) in [4.78, 5) is 10.9. The van der Waals surface area contributed by atoms with Gasteiger partial charge in [-0.05, 0) is 92.6 Å². The first-order chi connectivity index (χ1) is 19.3. The molecular weight excluding hydrogens is 500 g/mol. The fourth-order valence-electron chi connectivity index (χ4n) is 4.68. The number of rotatable bonds is 13. The minimum absolute atomic E-state index is 0.120. The van der Waals surface area contributed by atoms with Gasteiger partial charge >= 0.3 is 0 Å². The molecule has 0 aliphatic carbocycles. The molecule has 0 aromatic heterocycles. The highest BCUT2D eigenvalue weighted by Gasteiger charge is 2.26. The van der Waals surface area contributed by atoms with Crippen molar-refractivity contribution in [1.82, 2.24) is 0 Å². The fourth-order valence-corrected chi connectivity index (χ4v) is 4.68. The Hall–Kier alpha value is -4.09. The molecule has 0 aliphatic rings. The minimum Gasteiger partial charge on any atom is -0.491 e. The van der Waals surface area contributed by atoms with Crippen molar-refractivity contribution >= 4 is 6.29 Å². The highest BCUT2D eigenvalue weighted by atomic mass is 16.5. The molecule has 0 fully saturated rings. The Bertz CT molecular complexity index is 1390. The molecule has 0 saturated carbocycles. The highest BCUT2D eigenvalue weighted by Crippen LogP contribution is 2.40. The zero-order valence-corrected chi connectivity index (χ0v) is 23.8. The number of aliphatic hydroxyl groups is 1. The molecular formula is C35H38O5. The van der Waals surface area contributed by atoms with Gasteiger partial charge in [-0.2, -0.15) is 0 Å². The third kappa shape index (κ3) is 7.51. The number of carbonyl (C=O) groups is 1. The molecule has 0 spiro atoms. The molecule has 4 aromatic rings. The number of ether oxygens (including phenoxy) is 3. The van der Waals surface area contributed by atoms with E-state index < -0.39 is 5.60 Å². The van der Waals surface area contributed by atoms with Gasteiger partial charge in [-0.15, -0.1) is 0 Å². The van der Waals surface area contributed by atoms with Gasteiger partial charge in [-0.3, -0.25) is 4.79 Å². The van der Waals surface area contributed by atoms with Crippen molar-refractivity contribution in [2.24, 2.45) is 0 Å². The molecule has 0 aliphatic heterocycles. The normalized spacial score (nSPS) is 12.4. The van der Waals surface area contributed by atoms with Crippen LogP contribution in [0.15, 0.2) is 84.9 Å². The lowest BCUT2D eigenvalue weighted by molar-refractivity contribution is 0.00448. The molecule has 4 rings (SSSR count). The molecule has 0 saturated heterocycles. The zero-order chi connectivity index (χ0) is 28.5. The summed E-state index contributed by atoms with van der Waals surface area (Å²) >= 11 is 0. The summed E-state index contributed by atoms with van der Waals surface area (Å²) in [7, 11) is 0. The molecule has 1 atom stereocenters. The molecule has 1 unspecified atom stereocenters. The topological polar surface area (TPSA) is 65.0 Å². The molecule has 40 heavy (non-hydrogen) atoms. The standard InChI is InChI=1S/C35H38O5/c1-25-26(2)34(39-23-30-13-9-6-10-14-30)32(27(3)33(25)38-22-29-11-7-5-8-12-29)19-20-35(4,37)24-40-31-17-15-28(21-36)16-18-31/h5-18,21,37H,19-20,22-24H2,1-4H3. The van der Waals surface area contributed by atoms with E-state index in [0.717, 1.165) is 51.2 Å². The van der Waals surface area contributed by atoms with Gasteiger partial charge in [0, 0.05) is 11.1 Å². The molecule has 5 heteroatoms. The van der Waals surface area contributed by atoms with Crippen LogP contribution in [-0.4, -0.2) is 23.6 Å². The van der Waals surface area contributed by atoms with E-state index in [1.54, 1.807) is 31.2 Å². The largest absolute Gasteiger partial charge is 0.491 e. The Kier molecular flexibility index (Phi) is 9.62.